The van der Waals surface area contributed by atoms with Gasteiger partial charge in [-0.05, 0) is 30.7 Å². The molecule has 2 aromatic rings. The number of anilines is 2. The maximum absolute atomic E-state index is 12.3. The smallest absolute Gasteiger partial charge is 0.255 e. The molecule has 0 spiro atoms. The van der Waals surface area contributed by atoms with Crippen LogP contribution in [0.4, 0.5) is 11.4 Å². The van der Waals surface area contributed by atoms with Gasteiger partial charge in [-0.25, -0.2) is 0 Å². The zero-order chi connectivity index (χ0) is 15.0. The van der Waals surface area contributed by atoms with Crippen molar-refractivity contribution >= 4 is 33.2 Å². The number of carbonyl (C=O) groups excluding carboxylic acids is 1. The Morgan fingerprint density at radius 2 is 1.95 bits per heavy atom. The summed E-state index contributed by atoms with van der Waals surface area (Å²) in [5.74, 6) is 0.938. The molecule has 0 fully saturated rings. The number of carbonyl (C=O) groups is 1. The average Bonchev–Trinajstić information content (AvgIpc) is 2.89. The highest BCUT2D eigenvalue weighted by atomic mass is 79.9. The lowest BCUT2D eigenvalue weighted by atomic mass is 10.1. The number of nitrogens with one attached hydrogen (secondary N) is 1. The van der Waals surface area contributed by atoms with Crippen LogP contribution in [0.3, 0.4) is 0 Å². The summed E-state index contributed by atoms with van der Waals surface area (Å²) in [6, 6.07) is 8.71. The molecule has 6 heteroatoms. The fourth-order valence-corrected chi connectivity index (χ4v) is 2.29. The van der Waals surface area contributed by atoms with Crippen LogP contribution >= 0.6 is 15.9 Å². The van der Waals surface area contributed by atoms with E-state index >= 15 is 0 Å². The largest absolute Gasteiger partial charge is 0.454 e. The summed E-state index contributed by atoms with van der Waals surface area (Å²) in [7, 11) is 0. The van der Waals surface area contributed by atoms with Gasteiger partial charge in [0.15, 0.2) is 11.5 Å². The van der Waals surface area contributed by atoms with Gasteiger partial charge in [0.05, 0.1) is 11.4 Å². The van der Waals surface area contributed by atoms with Crippen molar-refractivity contribution in [2.45, 2.75) is 6.92 Å². The fraction of sp³-hybridized carbons (Fsp3) is 0.133. The molecule has 2 aromatic carbocycles. The van der Waals surface area contributed by atoms with E-state index in [0.29, 0.717) is 28.4 Å². The predicted molar refractivity (Wildman–Crippen MR) is 83.8 cm³/mol. The Balaban J connectivity index is 1.86. The summed E-state index contributed by atoms with van der Waals surface area (Å²) in [5, 5.41) is 2.79. The molecule has 1 heterocycles. The first kappa shape index (κ1) is 13.8. The fourth-order valence-electron chi connectivity index (χ4n) is 2.05. The monoisotopic (exact) mass is 348 g/mol. The molecule has 0 saturated carbocycles. The molecule has 5 nitrogen and oxygen atoms in total. The van der Waals surface area contributed by atoms with Gasteiger partial charge in [0, 0.05) is 22.2 Å². The molecular weight excluding hydrogens is 336 g/mol. The molecule has 1 aliphatic rings. The number of rotatable bonds is 2. The van der Waals surface area contributed by atoms with Crippen LogP contribution in [0.25, 0.3) is 0 Å². The van der Waals surface area contributed by atoms with E-state index in [0.717, 1.165) is 10.0 Å². The molecule has 3 rings (SSSR count). The molecule has 21 heavy (non-hydrogen) atoms. The van der Waals surface area contributed by atoms with Crippen molar-refractivity contribution in [3.8, 4) is 11.5 Å². The van der Waals surface area contributed by atoms with E-state index in [4.69, 9.17) is 15.2 Å². The molecule has 3 N–H and O–H groups in total. The molecule has 0 bridgehead atoms. The van der Waals surface area contributed by atoms with E-state index in [1.165, 1.54) is 0 Å². The van der Waals surface area contributed by atoms with Gasteiger partial charge in [0.1, 0.15) is 0 Å². The highest BCUT2D eigenvalue weighted by Crippen LogP contribution is 2.38. The van der Waals surface area contributed by atoms with Crippen molar-refractivity contribution in [3.05, 3.63) is 45.9 Å². The summed E-state index contributed by atoms with van der Waals surface area (Å²) in [6.07, 6.45) is 0. The third kappa shape index (κ3) is 2.67. The van der Waals surface area contributed by atoms with E-state index < -0.39 is 0 Å². The van der Waals surface area contributed by atoms with E-state index in [2.05, 4.69) is 21.2 Å². The minimum absolute atomic E-state index is 0.165. The second kappa shape index (κ2) is 5.29. The van der Waals surface area contributed by atoms with Crippen molar-refractivity contribution in [1.82, 2.24) is 0 Å². The molecule has 1 aliphatic heterocycles. The van der Waals surface area contributed by atoms with Crippen molar-refractivity contribution in [1.29, 1.82) is 0 Å². The average molecular weight is 349 g/mol. The zero-order valence-corrected chi connectivity index (χ0v) is 12.9. The Hall–Kier alpha value is -2.21. The third-order valence-electron chi connectivity index (χ3n) is 3.21. The predicted octanol–water partition coefficient (Wildman–Crippen LogP) is 3.32. The second-order valence-corrected chi connectivity index (χ2v) is 5.57. The summed E-state index contributed by atoms with van der Waals surface area (Å²) < 4.78 is 11.5. The molecule has 108 valence electrons. The van der Waals surface area contributed by atoms with Gasteiger partial charge in [-0.1, -0.05) is 15.9 Å². The molecule has 0 aromatic heterocycles. The van der Waals surface area contributed by atoms with E-state index in [1.54, 1.807) is 18.2 Å². The van der Waals surface area contributed by atoms with Gasteiger partial charge in [0.2, 0.25) is 6.79 Å². The van der Waals surface area contributed by atoms with Gasteiger partial charge in [-0.15, -0.1) is 0 Å². The van der Waals surface area contributed by atoms with Crippen LogP contribution in [0.2, 0.25) is 0 Å². The van der Waals surface area contributed by atoms with Crippen molar-refractivity contribution in [2.75, 3.05) is 17.8 Å². The summed E-state index contributed by atoms with van der Waals surface area (Å²) in [4.78, 5) is 12.3. The number of aryl methyl sites for hydroxylation is 1. The first-order valence-electron chi connectivity index (χ1n) is 6.31. The quantitative estimate of drug-likeness (QED) is 0.816. The summed E-state index contributed by atoms with van der Waals surface area (Å²) in [5.41, 5.74) is 8.40. The number of hydrogen-bond acceptors (Lipinski definition) is 4. The van der Waals surface area contributed by atoms with Crippen LogP contribution < -0.4 is 20.5 Å². The molecule has 0 radical (unpaired) electrons. The number of fused-ring (bicyclic) bond motifs is 1. The Morgan fingerprint density at radius 3 is 2.67 bits per heavy atom. The molecule has 0 saturated heterocycles. The molecule has 0 atom stereocenters. The van der Waals surface area contributed by atoms with Gasteiger partial charge in [-0.3, -0.25) is 4.79 Å². The Bertz CT molecular complexity index is 731. The van der Waals surface area contributed by atoms with Gasteiger partial charge in [0.25, 0.3) is 5.91 Å². The van der Waals surface area contributed by atoms with Crippen LogP contribution in [0, 0.1) is 6.92 Å². The maximum Gasteiger partial charge on any atom is 0.255 e. The number of benzene rings is 2. The highest BCUT2D eigenvalue weighted by molar-refractivity contribution is 9.10. The van der Waals surface area contributed by atoms with E-state index in [-0.39, 0.29) is 12.7 Å². The normalized spacial score (nSPS) is 12.3. The van der Waals surface area contributed by atoms with E-state index in [9.17, 15) is 4.79 Å². The minimum Gasteiger partial charge on any atom is -0.454 e. The zero-order valence-electron chi connectivity index (χ0n) is 11.3. The SMILES string of the molecule is Cc1cc(C(=O)Nc2cc3c(cc2N)OCO3)ccc1Br. The van der Waals surface area contributed by atoms with Crippen molar-refractivity contribution in [3.63, 3.8) is 0 Å². The Labute approximate surface area is 130 Å². The molecule has 1 amide bonds. The Kier molecular flexibility index (Phi) is 3.47. The number of nitrogens with two attached hydrogens (primary N) is 1. The summed E-state index contributed by atoms with van der Waals surface area (Å²) in [6.45, 7) is 2.09. The molecular formula is C15H13BrN2O3. The molecule has 0 unspecified atom stereocenters. The lowest BCUT2D eigenvalue weighted by Crippen LogP contribution is -2.13. The van der Waals surface area contributed by atoms with Crippen LogP contribution in [0.15, 0.2) is 34.8 Å². The second-order valence-electron chi connectivity index (χ2n) is 4.71. The minimum atomic E-state index is -0.226. The van der Waals surface area contributed by atoms with E-state index in [1.807, 2.05) is 19.1 Å². The lowest BCUT2D eigenvalue weighted by Gasteiger charge is -2.10. The first-order chi connectivity index (χ1) is 10.0. The van der Waals surface area contributed by atoms with Gasteiger partial charge < -0.3 is 20.5 Å². The standard InChI is InChI=1S/C15H13BrN2O3/c1-8-4-9(2-3-10(8)16)15(19)18-12-6-14-13(5-11(12)17)20-7-21-14/h2-6H,7,17H2,1H3,(H,18,19). The highest BCUT2D eigenvalue weighted by Gasteiger charge is 2.17. The third-order valence-corrected chi connectivity index (χ3v) is 4.10. The van der Waals surface area contributed by atoms with Crippen molar-refractivity contribution < 1.29 is 14.3 Å². The topological polar surface area (TPSA) is 73.6 Å². The number of nitrogen functional groups attached to an aromatic ring is 1. The molecule has 0 aliphatic carbocycles. The lowest BCUT2D eigenvalue weighted by molar-refractivity contribution is 0.102. The maximum atomic E-state index is 12.3. The van der Waals surface area contributed by atoms with Crippen molar-refractivity contribution in [2.24, 2.45) is 0 Å². The Morgan fingerprint density at radius 1 is 1.24 bits per heavy atom. The van der Waals surface area contributed by atoms with Gasteiger partial charge in [-0.2, -0.15) is 0 Å². The van der Waals surface area contributed by atoms with Gasteiger partial charge >= 0.3 is 0 Å². The summed E-state index contributed by atoms with van der Waals surface area (Å²) >= 11 is 3.41. The van der Waals surface area contributed by atoms with Crippen LogP contribution in [0.5, 0.6) is 11.5 Å². The van der Waals surface area contributed by atoms with Crippen LogP contribution in [-0.2, 0) is 0 Å². The van der Waals surface area contributed by atoms with Crippen LogP contribution in [0.1, 0.15) is 15.9 Å². The first-order valence-corrected chi connectivity index (χ1v) is 7.10. The number of ether oxygens (including phenoxy) is 2. The number of halogens is 1. The number of amides is 1. The van der Waals surface area contributed by atoms with Crippen LogP contribution in [-0.4, -0.2) is 12.7 Å². The number of hydrogen-bond donors (Lipinski definition) is 2.